The molecule has 0 aliphatic carbocycles. The van der Waals surface area contributed by atoms with Crippen LogP contribution in [0.4, 0.5) is 0 Å². The highest BCUT2D eigenvalue weighted by Gasteiger charge is 2.03. The number of fused-ring (bicyclic) bond motifs is 1. The molecule has 0 fully saturated rings. The van der Waals surface area contributed by atoms with E-state index in [1.165, 1.54) is 11.3 Å². The molecule has 4 heteroatoms. The molecule has 0 saturated heterocycles. The number of benzene rings is 1. The summed E-state index contributed by atoms with van der Waals surface area (Å²) in [5, 5.41) is 9.32. The minimum atomic E-state index is 0.278. The molecule has 1 heterocycles. The average molecular weight is 183 g/mol. The van der Waals surface area contributed by atoms with Gasteiger partial charge < -0.3 is 5.11 Å². The van der Waals surface area contributed by atoms with Gasteiger partial charge in [0.05, 0.1) is 10.2 Å². The Morgan fingerprint density at radius 1 is 1.45 bits per heavy atom. The molecule has 0 atom stereocenters. The van der Waals surface area contributed by atoms with E-state index in [9.17, 15) is 5.11 Å². The summed E-state index contributed by atoms with van der Waals surface area (Å²) in [5.41, 5.74) is 0.806. The molecule has 0 unspecified atom stereocenters. The second-order valence-corrected chi connectivity index (χ2v) is 3.85. The first-order chi connectivity index (χ1) is 5.27. The number of phenols is 1. The summed E-state index contributed by atoms with van der Waals surface area (Å²) in [4.78, 5) is 4.10. The van der Waals surface area contributed by atoms with Crippen LogP contribution in [0.15, 0.2) is 22.5 Å². The van der Waals surface area contributed by atoms with Gasteiger partial charge in [0.15, 0.2) is 0 Å². The number of thiazole rings is 1. The van der Waals surface area contributed by atoms with Gasteiger partial charge in [-0.3, -0.25) is 0 Å². The largest absolute Gasteiger partial charge is 0.506 e. The molecule has 2 nitrogen and oxygen atoms in total. The lowest BCUT2D eigenvalue weighted by molar-refractivity contribution is 0.482. The number of hydrogen-bond acceptors (Lipinski definition) is 4. The molecule has 0 saturated carbocycles. The van der Waals surface area contributed by atoms with E-state index in [4.69, 9.17) is 0 Å². The predicted molar refractivity (Wildman–Crippen MR) is 48.5 cm³/mol. The maximum Gasteiger partial charge on any atom is 0.148 e. The van der Waals surface area contributed by atoms with Crippen molar-refractivity contribution in [3.8, 4) is 5.75 Å². The van der Waals surface area contributed by atoms with Crippen molar-refractivity contribution in [3.63, 3.8) is 0 Å². The first-order valence-electron chi connectivity index (χ1n) is 3.05. The van der Waals surface area contributed by atoms with Gasteiger partial charge in [0, 0.05) is 0 Å². The van der Waals surface area contributed by atoms with Crippen molar-refractivity contribution >= 4 is 34.2 Å². The van der Waals surface area contributed by atoms with Crippen molar-refractivity contribution in [3.05, 3.63) is 18.2 Å². The quantitative estimate of drug-likeness (QED) is 0.614. The number of nitrogens with zero attached hydrogens (tertiary/aromatic N) is 1. The topological polar surface area (TPSA) is 33.1 Å². The maximum absolute atomic E-state index is 9.32. The van der Waals surface area contributed by atoms with Crippen LogP contribution in [0, 0.1) is 0 Å². The van der Waals surface area contributed by atoms with Gasteiger partial charge in [0.2, 0.25) is 0 Å². The Morgan fingerprint density at radius 3 is 3.00 bits per heavy atom. The predicted octanol–water partition coefficient (Wildman–Crippen LogP) is 2.29. The van der Waals surface area contributed by atoms with Crippen molar-refractivity contribution in [2.75, 3.05) is 0 Å². The fourth-order valence-corrected chi connectivity index (χ4v) is 2.02. The molecule has 11 heavy (non-hydrogen) atoms. The van der Waals surface area contributed by atoms with E-state index >= 15 is 0 Å². The second-order valence-electron chi connectivity index (χ2n) is 2.12. The first-order valence-corrected chi connectivity index (χ1v) is 4.31. The van der Waals surface area contributed by atoms with Crippen molar-refractivity contribution in [2.45, 2.75) is 4.34 Å². The highest BCUT2D eigenvalue weighted by molar-refractivity contribution is 7.82. The summed E-state index contributed by atoms with van der Waals surface area (Å²) in [6, 6.07) is 5.27. The first kappa shape index (κ1) is 6.94. The van der Waals surface area contributed by atoms with Gasteiger partial charge in [-0.2, -0.15) is 0 Å². The highest BCUT2D eigenvalue weighted by Crippen LogP contribution is 2.31. The van der Waals surface area contributed by atoms with Crippen LogP contribution in [0.5, 0.6) is 5.75 Å². The summed E-state index contributed by atoms with van der Waals surface area (Å²) >= 11 is 5.47. The number of phenolic OH excluding ortho intramolecular Hbond substituents is 1. The van der Waals surface area contributed by atoms with Crippen LogP contribution in [-0.2, 0) is 0 Å². The average Bonchev–Trinajstić information content (AvgIpc) is 2.31. The Kier molecular flexibility index (Phi) is 1.51. The number of rotatable bonds is 0. The molecule has 1 aromatic heterocycles. The number of aromatic hydroxyl groups is 1. The lowest BCUT2D eigenvalue weighted by Gasteiger charge is -1.89. The van der Waals surface area contributed by atoms with E-state index in [0.29, 0.717) is 4.34 Å². The minimum Gasteiger partial charge on any atom is -0.506 e. The van der Waals surface area contributed by atoms with Crippen LogP contribution in [0.3, 0.4) is 0 Å². The Labute approximate surface area is 72.9 Å². The number of aromatic nitrogens is 1. The third-order valence-corrected chi connectivity index (χ3v) is 2.65. The van der Waals surface area contributed by atoms with Crippen LogP contribution in [-0.4, -0.2) is 10.1 Å². The monoisotopic (exact) mass is 183 g/mol. The SMILES string of the molecule is Oc1cccc2nc(S)sc12. The van der Waals surface area contributed by atoms with Crippen LogP contribution < -0.4 is 0 Å². The second kappa shape index (κ2) is 2.39. The lowest BCUT2D eigenvalue weighted by Crippen LogP contribution is -1.66. The molecule has 56 valence electrons. The standard InChI is InChI=1S/C7H5NOS2/c9-5-3-1-2-4-6(5)11-7(10)8-4/h1-3,9H,(H,8,10). The molecule has 0 amide bonds. The van der Waals surface area contributed by atoms with Crippen LogP contribution in [0.1, 0.15) is 0 Å². The highest BCUT2D eigenvalue weighted by atomic mass is 32.2. The molecule has 1 N–H and O–H groups in total. The fourth-order valence-electron chi connectivity index (χ4n) is 0.923. The van der Waals surface area contributed by atoms with Gasteiger partial charge in [-0.05, 0) is 12.1 Å². The lowest BCUT2D eigenvalue weighted by atomic mass is 10.3. The van der Waals surface area contributed by atoms with Crippen LogP contribution in [0.25, 0.3) is 10.2 Å². The zero-order valence-corrected chi connectivity index (χ0v) is 7.19. The summed E-state index contributed by atoms with van der Waals surface area (Å²) in [5.74, 6) is 0.278. The van der Waals surface area contributed by atoms with E-state index in [-0.39, 0.29) is 5.75 Å². The fraction of sp³-hybridized carbons (Fsp3) is 0. The molecule has 0 bridgehead atoms. The zero-order valence-electron chi connectivity index (χ0n) is 5.48. The van der Waals surface area contributed by atoms with E-state index < -0.39 is 0 Å². The zero-order chi connectivity index (χ0) is 7.84. The molecule has 0 radical (unpaired) electrons. The van der Waals surface area contributed by atoms with E-state index in [0.717, 1.165) is 10.2 Å². The van der Waals surface area contributed by atoms with Gasteiger partial charge >= 0.3 is 0 Å². The Balaban J connectivity index is 2.90. The van der Waals surface area contributed by atoms with Crippen molar-refractivity contribution in [1.29, 1.82) is 0 Å². The van der Waals surface area contributed by atoms with Crippen LogP contribution in [0.2, 0.25) is 0 Å². The summed E-state index contributed by atoms with van der Waals surface area (Å²) in [6.45, 7) is 0. The van der Waals surface area contributed by atoms with Gasteiger partial charge in [-0.15, -0.1) is 24.0 Å². The van der Waals surface area contributed by atoms with Crippen molar-refractivity contribution in [2.24, 2.45) is 0 Å². The molecule has 2 aromatic rings. The molecular weight excluding hydrogens is 178 g/mol. The van der Waals surface area contributed by atoms with Crippen molar-refractivity contribution in [1.82, 2.24) is 4.98 Å². The molecule has 2 rings (SSSR count). The Hall–Kier alpha value is -0.740. The molecule has 0 aliphatic heterocycles. The molecule has 0 aliphatic rings. The van der Waals surface area contributed by atoms with E-state index in [2.05, 4.69) is 17.6 Å². The third-order valence-electron chi connectivity index (χ3n) is 1.38. The Morgan fingerprint density at radius 2 is 2.27 bits per heavy atom. The summed E-state index contributed by atoms with van der Waals surface area (Å²) in [7, 11) is 0. The van der Waals surface area contributed by atoms with Gasteiger partial charge in [0.25, 0.3) is 0 Å². The summed E-state index contributed by atoms with van der Waals surface area (Å²) < 4.78 is 1.49. The summed E-state index contributed by atoms with van der Waals surface area (Å²) in [6.07, 6.45) is 0. The maximum atomic E-state index is 9.32. The Bertz CT molecular complexity index is 396. The molecular formula is C7H5NOS2. The third kappa shape index (κ3) is 1.08. The van der Waals surface area contributed by atoms with Gasteiger partial charge in [-0.1, -0.05) is 6.07 Å². The van der Waals surface area contributed by atoms with Gasteiger partial charge in [0.1, 0.15) is 10.1 Å². The normalized spacial score (nSPS) is 10.6. The van der Waals surface area contributed by atoms with E-state index in [1.54, 1.807) is 12.1 Å². The minimum absolute atomic E-state index is 0.278. The molecule has 1 aromatic carbocycles. The van der Waals surface area contributed by atoms with Crippen molar-refractivity contribution < 1.29 is 5.11 Å². The number of thiol groups is 1. The smallest absolute Gasteiger partial charge is 0.148 e. The molecule has 0 spiro atoms. The van der Waals surface area contributed by atoms with Gasteiger partial charge in [-0.25, -0.2) is 4.98 Å². The number of hydrogen-bond donors (Lipinski definition) is 2. The van der Waals surface area contributed by atoms with E-state index in [1.807, 2.05) is 6.07 Å². The van der Waals surface area contributed by atoms with Crippen LogP contribution >= 0.6 is 24.0 Å².